The van der Waals surface area contributed by atoms with E-state index < -0.39 is 0 Å². The molecule has 0 atom stereocenters. The van der Waals surface area contributed by atoms with Gasteiger partial charge in [-0.1, -0.05) is 42.5 Å². The van der Waals surface area contributed by atoms with E-state index in [9.17, 15) is 9.59 Å². The summed E-state index contributed by atoms with van der Waals surface area (Å²) in [7, 11) is 1.73. The lowest BCUT2D eigenvalue weighted by Crippen LogP contribution is -2.21. The monoisotopic (exact) mass is 291 g/mol. The summed E-state index contributed by atoms with van der Waals surface area (Å²) in [6, 6.07) is 7.30. The van der Waals surface area contributed by atoms with E-state index in [2.05, 4.69) is 0 Å². The second-order valence-electron chi connectivity index (χ2n) is 5.29. The number of fused-ring (bicyclic) bond motifs is 3. The molecule has 2 aromatic rings. The van der Waals surface area contributed by atoms with Gasteiger partial charge in [-0.3, -0.25) is 9.59 Å². The molecule has 110 valence electrons. The summed E-state index contributed by atoms with van der Waals surface area (Å²) in [5.41, 5.74) is 2.71. The average molecular weight is 291 g/mol. The maximum atomic E-state index is 12.9. The molecule has 0 radical (unpaired) electrons. The second-order valence-corrected chi connectivity index (χ2v) is 5.29. The molecule has 0 aliphatic heterocycles. The molecule has 0 unspecified atom stereocenters. The lowest BCUT2D eigenvalue weighted by Gasteiger charge is -2.11. The number of allylic oxidation sites excluding steroid dienone is 6. The highest BCUT2D eigenvalue weighted by Crippen LogP contribution is 2.37. The number of rotatable bonds is 2. The van der Waals surface area contributed by atoms with Crippen LogP contribution in [0.2, 0.25) is 0 Å². The van der Waals surface area contributed by atoms with Gasteiger partial charge in [0.25, 0.3) is 5.56 Å². The zero-order valence-electron chi connectivity index (χ0n) is 12.9. The molecule has 1 aromatic heterocycles. The third kappa shape index (κ3) is 1.82. The molecule has 3 heteroatoms. The van der Waals surface area contributed by atoms with Crippen molar-refractivity contribution in [2.24, 2.45) is 7.05 Å². The predicted molar refractivity (Wildman–Crippen MR) is 90.1 cm³/mol. The number of benzene rings is 1. The first-order chi connectivity index (χ1) is 10.6. The Kier molecular flexibility index (Phi) is 3.41. The summed E-state index contributed by atoms with van der Waals surface area (Å²) < 4.78 is 1.58. The van der Waals surface area contributed by atoms with Gasteiger partial charge in [0.2, 0.25) is 0 Å². The number of hydrogen-bond donors (Lipinski definition) is 0. The molecule has 0 amide bonds. The molecule has 1 aromatic carbocycles. The van der Waals surface area contributed by atoms with Crippen molar-refractivity contribution < 1.29 is 4.79 Å². The van der Waals surface area contributed by atoms with Crippen LogP contribution < -0.4 is 5.56 Å². The molecule has 3 rings (SSSR count). The number of hydrogen-bond acceptors (Lipinski definition) is 2. The van der Waals surface area contributed by atoms with Gasteiger partial charge in [0.1, 0.15) is 0 Å². The zero-order chi connectivity index (χ0) is 15.9. The lowest BCUT2D eigenvalue weighted by molar-refractivity contribution is 0.104. The summed E-state index contributed by atoms with van der Waals surface area (Å²) in [6.45, 7) is 3.79. The van der Waals surface area contributed by atoms with Crippen molar-refractivity contribution in [2.45, 2.75) is 13.8 Å². The highest BCUT2D eigenvalue weighted by molar-refractivity contribution is 6.28. The van der Waals surface area contributed by atoms with Gasteiger partial charge >= 0.3 is 0 Å². The standard InChI is InChI=1S/C19H17NO2/c1-4-8-13-14(9-5-2)18(21)16-12-10-6-7-11-15(12)19(22)20(3)17(13)16/h4-11H,1-3H3/b8-4-,9-5-. The number of carbonyl (C=O) groups excluding carboxylic acids is 1. The highest BCUT2D eigenvalue weighted by atomic mass is 16.1. The van der Waals surface area contributed by atoms with Crippen molar-refractivity contribution in [3.63, 3.8) is 0 Å². The smallest absolute Gasteiger partial charge is 0.258 e. The Bertz CT molecular complexity index is 940. The van der Waals surface area contributed by atoms with Crippen LogP contribution in [0.25, 0.3) is 16.3 Å². The fourth-order valence-electron chi connectivity index (χ4n) is 3.06. The molecule has 0 saturated heterocycles. The molecule has 0 spiro atoms. The average Bonchev–Trinajstić information content (AvgIpc) is 2.79. The van der Waals surface area contributed by atoms with Crippen molar-refractivity contribution in [1.82, 2.24) is 4.57 Å². The van der Waals surface area contributed by atoms with E-state index in [0.29, 0.717) is 22.2 Å². The SMILES string of the molecule is C/C=C\C1=C(/C=C\C)c2c(c3ccccc3c(=O)n2C)C1=O. The molecule has 0 saturated carbocycles. The van der Waals surface area contributed by atoms with Gasteiger partial charge in [0.05, 0.1) is 11.3 Å². The Morgan fingerprint density at radius 1 is 0.909 bits per heavy atom. The first-order valence-electron chi connectivity index (χ1n) is 7.28. The number of carbonyl (C=O) groups is 1. The van der Waals surface area contributed by atoms with Crippen molar-refractivity contribution in [3.05, 3.63) is 75.8 Å². The highest BCUT2D eigenvalue weighted by Gasteiger charge is 2.31. The van der Waals surface area contributed by atoms with Crippen LogP contribution in [0, 0.1) is 0 Å². The van der Waals surface area contributed by atoms with Crippen LogP contribution in [-0.2, 0) is 7.05 Å². The number of Topliss-reactive ketones (excluding diaryl/α,β-unsaturated/α-hetero) is 1. The van der Waals surface area contributed by atoms with E-state index in [1.807, 2.05) is 56.4 Å². The van der Waals surface area contributed by atoms with E-state index in [-0.39, 0.29) is 11.3 Å². The lowest BCUT2D eigenvalue weighted by atomic mass is 10.0. The second kappa shape index (κ2) is 5.26. The van der Waals surface area contributed by atoms with Gasteiger partial charge in [-0.05, 0) is 19.9 Å². The van der Waals surface area contributed by atoms with Crippen LogP contribution in [0.1, 0.15) is 29.9 Å². The summed E-state index contributed by atoms with van der Waals surface area (Å²) in [5.74, 6) is -0.0204. The molecule has 0 fully saturated rings. The van der Waals surface area contributed by atoms with E-state index in [0.717, 1.165) is 11.0 Å². The number of nitrogens with zero attached hydrogens (tertiary/aromatic N) is 1. The van der Waals surface area contributed by atoms with Crippen molar-refractivity contribution in [1.29, 1.82) is 0 Å². The molecular weight excluding hydrogens is 274 g/mol. The van der Waals surface area contributed by atoms with Gasteiger partial charge in [-0.15, -0.1) is 0 Å². The molecule has 1 heterocycles. The normalized spacial score (nSPS) is 14.8. The first kappa shape index (κ1) is 14.3. The minimum Gasteiger partial charge on any atom is -0.310 e. The van der Waals surface area contributed by atoms with Crippen LogP contribution in [0.3, 0.4) is 0 Å². The summed E-state index contributed by atoms with van der Waals surface area (Å²) in [6.07, 6.45) is 7.45. The molecule has 0 N–H and O–H groups in total. The fraction of sp³-hybridized carbons (Fsp3) is 0.158. The molecule has 1 aliphatic rings. The van der Waals surface area contributed by atoms with Crippen LogP contribution in [0.5, 0.6) is 0 Å². The van der Waals surface area contributed by atoms with E-state index >= 15 is 0 Å². The first-order valence-corrected chi connectivity index (χ1v) is 7.28. The minimum atomic E-state index is -0.0779. The number of aromatic nitrogens is 1. The minimum absolute atomic E-state index is 0.0204. The van der Waals surface area contributed by atoms with Gasteiger partial charge in [-0.25, -0.2) is 0 Å². The van der Waals surface area contributed by atoms with E-state index in [1.54, 1.807) is 17.7 Å². The Balaban J connectivity index is 2.52. The topological polar surface area (TPSA) is 39.1 Å². The summed E-state index contributed by atoms with van der Waals surface area (Å²) >= 11 is 0. The molecule has 0 bridgehead atoms. The van der Waals surface area contributed by atoms with Crippen LogP contribution in [-0.4, -0.2) is 10.4 Å². The fourth-order valence-corrected chi connectivity index (χ4v) is 3.06. The third-order valence-corrected chi connectivity index (χ3v) is 3.99. The van der Waals surface area contributed by atoms with Gasteiger partial charge in [0.15, 0.2) is 5.78 Å². The number of pyridine rings is 1. The van der Waals surface area contributed by atoms with Crippen LogP contribution in [0.4, 0.5) is 0 Å². The molecule has 3 nitrogen and oxygen atoms in total. The predicted octanol–water partition coefficient (Wildman–Crippen LogP) is 3.64. The van der Waals surface area contributed by atoms with Crippen molar-refractivity contribution >= 4 is 22.1 Å². The van der Waals surface area contributed by atoms with Gasteiger partial charge < -0.3 is 4.57 Å². The zero-order valence-corrected chi connectivity index (χ0v) is 12.9. The van der Waals surface area contributed by atoms with Crippen molar-refractivity contribution in [3.8, 4) is 0 Å². The number of ketones is 1. The Morgan fingerprint density at radius 3 is 2.14 bits per heavy atom. The van der Waals surface area contributed by atoms with Crippen LogP contribution >= 0.6 is 0 Å². The third-order valence-electron chi connectivity index (χ3n) is 3.99. The van der Waals surface area contributed by atoms with Crippen LogP contribution in [0.15, 0.2) is 58.9 Å². The molecular formula is C19H17NO2. The Morgan fingerprint density at radius 2 is 1.50 bits per heavy atom. The molecule has 22 heavy (non-hydrogen) atoms. The summed E-state index contributed by atoms with van der Waals surface area (Å²) in [4.78, 5) is 25.5. The van der Waals surface area contributed by atoms with E-state index in [4.69, 9.17) is 0 Å². The summed E-state index contributed by atoms with van der Waals surface area (Å²) in [5, 5.41) is 1.31. The maximum Gasteiger partial charge on any atom is 0.258 e. The quantitative estimate of drug-likeness (QED) is 0.847. The van der Waals surface area contributed by atoms with Gasteiger partial charge in [0, 0.05) is 29.0 Å². The Hall–Kier alpha value is -2.68. The largest absolute Gasteiger partial charge is 0.310 e. The maximum absolute atomic E-state index is 12.9. The van der Waals surface area contributed by atoms with Gasteiger partial charge in [-0.2, -0.15) is 0 Å². The Labute approximate surface area is 128 Å². The molecule has 1 aliphatic carbocycles. The van der Waals surface area contributed by atoms with E-state index in [1.165, 1.54) is 0 Å². The van der Waals surface area contributed by atoms with Crippen molar-refractivity contribution in [2.75, 3.05) is 0 Å².